The van der Waals surface area contributed by atoms with Crippen molar-refractivity contribution in [1.29, 1.82) is 0 Å². The number of rotatable bonds is 4. The van der Waals surface area contributed by atoms with Gasteiger partial charge in [0.2, 0.25) is 0 Å². The molecule has 0 N–H and O–H groups in total. The molecule has 5 heteroatoms. The minimum atomic E-state index is -0.835. The van der Waals surface area contributed by atoms with Crippen LogP contribution < -0.4 is 0 Å². The standard InChI is InChI=1S/C26H16Cl2O3/c27-23-15-19(17-7-3-1-4-8-17)11-13-21(23)25(29)31-26(30)22-14-12-20(16-24(22)28)18-9-5-2-6-10-18/h1-16H. The average molecular weight is 447 g/mol. The lowest BCUT2D eigenvalue weighted by Gasteiger charge is -2.09. The lowest BCUT2D eigenvalue weighted by Crippen LogP contribution is -2.13. The Morgan fingerprint density at radius 1 is 0.516 bits per heavy atom. The van der Waals surface area contributed by atoms with Crippen LogP contribution in [0, 0.1) is 0 Å². The van der Waals surface area contributed by atoms with Crippen LogP contribution >= 0.6 is 23.2 Å². The number of halogens is 2. The van der Waals surface area contributed by atoms with E-state index in [-0.39, 0.29) is 21.2 Å². The zero-order valence-corrected chi connectivity index (χ0v) is 17.7. The molecule has 0 aliphatic carbocycles. The van der Waals surface area contributed by atoms with Crippen molar-refractivity contribution in [3.63, 3.8) is 0 Å². The molecule has 152 valence electrons. The Balaban J connectivity index is 1.52. The molecule has 0 fully saturated rings. The van der Waals surface area contributed by atoms with E-state index in [1.807, 2.05) is 60.7 Å². The van der Waals surface area contributed by atoms with Crippen LogP contribution in [0.25, 0.3) is 22.3 Å². The van der Waals surface area contributed by atoms with Crippen LogP contribution in [0.2, 0.25) is 10.0 Å². The van der Waals surface area contributed by atoms with Gasteiger partial charge in [-0.1, -0.05) is 96.0 Å². The predicted octanol–water partition coefficient (Wildman–Crippen LogP) is 7.32. The van der Waals surface area contributed by atoms with Crippen LogP contribution in [0.15, 0.2) is 97.1 Å². The normalized spacial score (nSPS) is 10.5. The second kappa shape index (κ2) is 9.17. The van der Waals surface area contributed by atoms with E-state index in [1.165, 1.54) is 0 Å². The molecule has 0 atom stereocenters. The summed E-state index contributed by atoms with van der Waals surface area (Å²) in [5.41, 5.74) is 3.84. The number of carbonyl (C=O) groups excluding carboxylic acids is 2. The largest absolute Gasteiger partial charge is 0.386 e. The van der Waals surface area contributed by atoms with E-state index in [2.05, 4.69) is 0 Å². The maximum absolute atomic E-state index is 12.5. The number of benzene rings is 4. The molecule has 0 spiro atoms. The molecule has 4 rings (SSSR count). The first-order valence-electron chi connectivity index (χ1n) is 9.49. The number of carbonyl (C=O) groups is 2. The van der Waals surface area contributed by atoms with Crippen molar-refractivity contribution in [2.75, 3.05) is 0 Å². The Labute approximate surface area is 189 Å². The molecule has 0 saturated heterocycles. The van der Waals surface area contributed by atoms with Gasteiger partial charge in [-0.3, -0.25) is 0 Å². The smallest absolute Gasteiger partial charge is 0.347 e. The number of ether oxygens (including phenoxy) is 1. The van der Waals surface area contributed by atoms with Gasteiger partial charge in [-0.25, -0.2) is 9.59 Å². The van der Waals surface area contributed by atoms with Gasteiger partial charge in [0.25, 0.3) is 0 Å². The summed E-state index contributed by atoms with van der Waals surface area (Å²) in [6, 6.07) is 29.2. The Hall–Kier alpha value is -3.40. The van der Waals surface area contributed by atoms with Gasteiger partial charge in [0.15, 0.2) is 0 Å². The molecule has 0 amide bonds. The van der Waals surface area contributed by atoms with Crippen molar-refractivity contribution in [1.82, 2.24) is 0 Å². The Morgan fingerprint density at radius 3 is 1.26 bits per heavy atom. The van der Waals surface area contributed by atoms with Crippen molar-refractivity contribution < 1.29 is 14.3 Å². The molecule has 0 bridgehead atoms. The average Bonchev–Trinajstić information content (AvgIpc) is 2.80. The number of hydrogen-bond acceptors (Lipinski definition) is 3. The van der Waals surface area contributed by atoms with Gasteiger partial charge in [-0.2, -0.15) is 0 Å². The molecular formula is C26H16Cl2O3. The van der Waals surface area contributed by atoms with E-state index >= 15 is 0 Å². The third-order valence-corrected chi connectivity index (χ3v) is 5.40. The van der Waals surface area contributed by atoms with Crippen LogP contribution in [0.3, 0.4) is 0 Å². The van der Waals surface area contributed by atoms with E-state index in [0.717, 1.165) is 22.3 Å². The fourth-order valence-corrected chi connectivity index (χ4v) is 3.69. The molecule has 0 aromatic heterocycles. The van der Waals surface area contributed by atoms with Gasteiger partial charge in [-0.05, 0) is 46.5 Å². The molecule has 0 aliphatic rings. The minimum absolute atomic E-state index is 0.103. The van der Waals surface area contributed by atoms with Crippen LogP contribution in [0.1, 0.15) is 20.7 Å². The lowest BCUT2D eigenvalue weighted by molar-refractivity contribution is 0.0398. The maximum atomic E-state index is 12.5. The highest BCUT2D eigenvalue weighted by Gasteiger charge is 2.20. The topological polar surface area (TPSA) is 43.4 Å². The van der Waals surface area contributed by atoms with Gasteiger partial charge in [0.1, 0.15) is 0 Å². The van der Waals surface area contributed by atoms with E-state index in [1.54, 1.807) is 36.4 Å². The highest BCUT2D eigenvalue weighted by molar-refractivity contribution is 6.35. The van der Waals surface area contributed by atoms with Crippen molar-refractivity contribution in [3.8, 4) is 22.3 Å². The molecule has 4 aromatic rings. The van der Waals surface area contributed by atoms with Gasteiger partial charge in [0, 0.05) is 0 Å². The monoisotopic (exact) mass is 446 g/mol. The summed E-state index contributed by atoms with van der Waals surface area (Å²) in [6.07, 6.45) is 0. The lowest BCUT2D eigenvalue weighted by atomic mass is 10.0. The van der Waals surface area contributed by atoms with E-state index < -0.39 is 11.9 Å². The Bertz CT molecular complexity index is 1150. The summed E-state index contributed by atoms with van der Waals surface area (Å²) < 4.78 is 5.03. The molecule has 0 saturated carbocycles. The summed E-state index contributed by atoms with van der Waals surface area (Å²) in [5.74, 6) is -1.67. The first-order chi connectivity index (χ1) is 15.0. The van der Waals surface area contributed by atoms with Crippen molar-refractivity contribution in [3.05, 3.63) is 118 Å². The van der Waals surface area contributed by atoms with Crippen LogP contribution in [0.4, 0.5) is 0 Å². The summed E-state index contributed by atoms with van der Waals surface area (Å²) >= 11 is 12.6. The van der Waals surface area contributed by atoms with Gasteiger partial charge in [-0.15, -0.1) is 0 Å². The fraction of sp³-hybridized carbons (Fsp3) is 0. The van der Waals surface area contributed by atoms with Crippen molar-refractivity contribution in [2.24, 2.45) is 0 Å². The summed E-state index contributed by atoms with van der Waals surface area (Å²) in [7, 11) is 0. The summed E-state index contributed by atoms with van der Waals surface area (Å²) in [4.78, 5) is 25.1. The van der Waals surface area contributed by atoms with E-state index in [4.69, 9.17) is 27.9 Å². The number of hydrogen-bond donors (Lipinski definition) is 0. The number of esters is 2. The first kappa shape index (κ1) is 20.9. The van der Waals surface area contributed by atoms with Crippen LogP contribution in [0.5, 0.6) is 0 Å². The Kier molecular flexibility index (Phi) is 6.17. The van der Waals surface area contributed by atoms with Crippen molar-refractivity contribution in [2.45, 2.75) is 0 Å². The third kappa shape index (κ3) is 4.69. The molecule has 31 heavy (non-hydrogen) atoms. The fourth-order valence-electron chi connectivity index (χ4n) is 3.18. The first-order valence-corrected chi connectivity index (χ1v) is 10.2. The Morgan fingerprint density at radius 2 is 0.903 bits per heavy atom. The molecule has 0 unspecified atom stereocenters. The van der Waals surface area contributed by atoms with Crippen molar-refractivity contribution >= 4 is 35.1 Å². The molecule has 0 aliphatic heterocycles. The molecular weight excluding hydrogens is 431 g/mol. The van der Waals surface area contributed by atoms with Gasteiger partial charge < -0.3 is 4.74 Å². The molecule has 4 aromatic carbocycles. The maximum Gasteiger partial charge on any atom is 0.347 e. The predicted molar refractivity (Wildman–Crippen MR) is 124 cm³/mol. The summed E-state index contributed by atoms with van der Waals surface area (Å²) in [6.45, 7) is 0. The highest BCUT2D eigenvalue weighted by Crippen LogP contribution is 2.28. The van der Waals surface area contributed by atoms with Gasteiger partial charge >= 0.3 is 11.9 Å². The van der Waals surface area contributed by atoms with E-state index in [9.17, 15) is 9.59 Å². The summed E-state index contributed by atoms with van der Waals surface area (Å²) in [5, 5.41) is 0.398. The van der Waals surface area contributed by atoms with Crippen LogP contribution in [-0.2, 0) is 4.74 Å². The zero-order chi connectivity index (χ0) is 21.8. The molecule has 0 radical (unpaired) electrons. The van der Waals surface area contributed by atoms with E-state index in [0.29, 0.717) is 0 Å². The minimum Gasteiger partial charge on any atom is -0.386 e. The van der Waals surface area contributed by atoms with Crippen LogP contribution in [-0.4, -0.2) is 11.9 Å². The second-order valence-electron chi connectivity index (χ2n) is 6.80. The molecule has 0 heterocycles. The highest BCUT2D eigenvalue weighted by atomic mass is 35.5. The SMILES string of the molecule is O=C(OC(=O)c1ccc(-c2ccccc2)cc1Cl)c1ccc(-c2ccccc2)cc1Cl. The molecule has 3 nitrogen and oxygen atoms in total. The quantitative estimate of drug-likeness (QED) is 0.243. The third-order valence-electron chi connectivity index (χ3n) is 4.78. The second-order valence-corrected chi connectivity index (χ2v) is 7.61. The zero-order valence-electron chi connectivity index (χ0n) is 16.2. The van der Waals surface area contributed by atoms with Gasteiger partial charge in [0.05, 0.1) is 21.2 Å².